The molecule has 0 spiro atoms. The van der Waals surface area contributed by atoms with Crippen molar-refractivity contribution in [1.82, 2.24) is 24.3 Å². The Hall–Kier alpha value is -3.69. The minimum absolute atomic E-state index is 0.0964. The van der Waals surface area contributed by atoms with E-state index in [1.807, 2.05) is 78.3 Å². The topological polar surface area (TPSA) is 155 Å². The van der Waals surface area contributed by atoms with E-state index in [1.54, 1.807) is 31.3 Å². The zero-order valence-electron chi connectivity index (χ0n) is 37.3. The van der Waals surface area contributed by atoms with Crippen molar-refractivity contribution in [3.8, 4) is 11.3 Å². The number of cyclic esters (lactones) is 1. The molecule has 14 atom stereocenters. The van der Waals surface area contributed by atoms with Crippen LogP contribution in [0.15, 0.2) is 49.2 Å². The molecule has 0 radical (unpaired) electrons. The molecule has 0 unspecified atom stereocenters. The lowest BCUT2D eigenvalue weighted by molar-refractivity contribution is -0.295. The summed E-state index contributed by atoms with van der Waals surface area (Å²) in [5, 5.41) is 11.5. The number of likely N-dealkylation sites (N-methyl/N-ethyl adjacent to an activating group) is 1. The van der Waals surface area contributed by atoms with Crippen molar-refractivity contribution in [2.24, 2.45) is 23.7 Å². The monoisotopic (exact) mass is 824 g/mol. The lowest BCUT2D eigenvalue weighted by atomic mass is 9.72. The van der Waals surface area contributed by atoms with Crippen LogP contribution in [0.4, 0.5) is 4.79 Å². The van der Waals surface area contributed by atoms with Crippen molar-refractivity contribution in [3.63, 3.8) is 0 Å². The van der Waals surface area contributed by atoms with Gasteiger partial charge in [-0.15, -0.1) is 0 Å². The van der Waals surface area contributed by atoms with Gasteiger partial charge in [0.15, 0.2) is 17.7 Å². The Balaban J connectivity index is 1.45. The average Bonchev–Trinajstić information content (AvgIpc) is 3.81. The van der Waals surface area contributed by atoms with Gasteiger partial charge in [0.25, 0.3) is 0 Å². The molecule has 2 aromatic heterocycles. The Bertz CT molecular complexity index is 1770. The smallest absolute Gasteiger partial charge is 0.410 e. The van der Waals surface area contributed by atoms with E-state index < -0.39 is 71.5 Å². The van der Waals surface area contributed by atoms with Gasteiger partial charge in [-0.25, -0.2) is 9.78 Å². The van der Waals surface area contributed by atoms with Crippen molar-refractivity contribution < 1.29 is 43.2 Å². The molecule has 14 heteroatoms. The normalized spacial score (nSPS) is 36.8. The van der Waals surface area contributed by atoms with Gasteiger partial charge < -0.3 is 43.2 Å². The molecule has 0 bridgehead atoms. The van der Waals surface area contributed by atoms with Gasteiger partial charge in [-0.05, 0) is 98.9 Å². The first kappa shape index (κ1) is 46.4. The second-order valence-corrected chi connectivity index (χ2v) is 18.0. The van der Waals surface area contributed by atoms with Crippen molar-refractivity contribution in [2.45, 2.75) is 154 Å². The number of Topliss-reactive ketones (excluding diaryl/α,β-unsaturated/α-hetero) is 1. The number of amides is 1. The van der Waals surface area contributed by atoms with Crippen LogP contribution < -0.4 is 0 Å². The van der Waals surface area contributed by atoms with Crippen LogP contribution in [-0.2, 0) is 33.3 Å². The average molecular weight is 824 g/mol. The van der Waals surface area contributed by atoms with Crippen LogP contribution in [-0.4, -0.2) is 129 Å². The second kappa shape index (κ2) is 18.9. The van der Waals surface area contributed by atoms with E-state index in [0.717, 1.165) is 23.3 Å². The third-order valence-corrected chi connectivity index (χ3v) is 13.5. The number of esters is 1. The lowest BCUT2D eigenvalue weighted by Crippen LogP contribution is -2.59. The molecule has 3 saturated heterocycles. The summed E-state index contributed by atoms with van der Waals surface area (Å²) in [6, 6.07) is 3.17. The van der Waals surface area contributed by atoms with Crippen LogP contribution in [0.2, 0.25) is 0 Å². The summed E-state index contributed by atoms with van der Waals surface area (Å²) in [5.74, 6) is -3.68. The van der Waals surface area contributed by atoms with E-state index in [4.69, 9.17) is 23.7 Å². The maximum atomic E-state index is 14.4. The Morgan fingerprint density at radius 3 is 2.46 bits per heavy atom. The number of rotatable bonds is 11. The SMILES string of the molecule is C=C1[C@H](C)C[C@@](C)(OC)[C@H](O[C@@H]2O[C@H](C)C[C@H](N(C)C)[C@H]2O)[C@@H](C)C(=O)[C@@H](C)C(=O)O[C@H](CC)[C@@]2(C)OC(=O)N(CCC[C@H](C)n3cnc(-c4cccnc4)c3)[C@H]2[C@H]1C. The molecule has 3 aliphatic heterocycles. The first-order chi connectivity index (χ1) is 27.8. The summed E-state index contributed by atoms with van der Waals surface area (Å²) >= 11 is 0. The minimum atomic E-state index is -1.25. The summed E-state index contributed by atoms with van der Waals surface area (Å²) in [6.07, 6.45) is 5.54. The predicted octanol–water partition coefficient (Wildman–Crippen LogP) is 6.48. The van der Waals surface area contributed by atoms with Crippen LogP contribution in [0, 0.1) is 23.7 Å². The number of aromatic nitrogens is 3. The molecule has 1 amide bonds. The lowest BCUT2D eigenvalue weighted by Gasteiger charge is -2.47. The van der Waals surface area contributed by atoms with Crippen LogP contribution in [0.3, 0.4) is 0 Å². The zero-order valence-corrected chi connectivity index (χ0v) is 37.3. The molecule has 0 aliphatic carbocycles. The highest BCUT2D eigenvalue weighted by atomic mass is 16.7. The van der Waals surface area contributed by atoms with Gasteiger partial charge in [0, 0.05) is 61.7 Å². The summed E-state index contributed by atoms with van der Waals surface area (Å²) in [5.41, 5.74) is 0.265. The van der Waals surface area contributed by atoms with E-state index in [0.29, 0.717) is 32.2 Å². The molecule has 2 aromatic rings. The van der Waals surface area contributed by atoms with Gasteiger partial charge in [0.05, 0.1) is 35.9 Å². The van der Waals surface area contributed by atoms with E-state index >= 15 is 0 Å². The Morgan fingerprint density at radius 1 is 1.12 bits per heavy atom. The van der Waals surface area contributed by atoms with E-state index in [1.165, 1.54) is 6.92 Å². The summed E-state index contributed by atoms with van der Waals surface area (Å²) in [4.78, 5) is 55.0. The summed E-state index contributed by atoms with van der Waals surface area (Å²) < 4.78 is 33.8. The summed E-state index contributed by atoms with van der Waals surface area (Å²) in [7, 11) is 5.38. The number of ether oxygens (including phenoxy) is 5. The number of carbonyl (C=O) groups excluding carboxylic acids is 3. The molecular formula is C45H69N5O9. The maximum Gasteiger partial charge on any atom is 0.410 e. The second-order valence-electron chi connectivity index (χ2n) is 18.0. The van der Waals surface area contributed by atoms with Gasteiger partial charge in [-0.2, -0.15) is 0 Å². The molecule has 328 valence electrons. The maximum absolute atomic E-state index is 14.4. The van der Waals surface area contributed by atoms with E-state index in [-0.39, 0.29) is 30.0 Å². The first-order valence-corrected chi connectivity index (χ1v) is 21.3. The van der Waals surface area contributed by atoms with Gasteiger partial charge in [-0.1, -0.05) is 39.8 Å². The van der Waals surface area contributed by atoms with Crippen molar-refractivity contribution in [1.29, 1.82) is 0 Å². The Labute approximate surface area is 351 Å². The fourth-order valence-corrected chi connectivity index (χ4v) is 9.73. The molecule has 3 fully saturated rings. The van der Waals surface area contributed by atoms with E-state index in [9.17, 15) is 19.5 Å². The van der Waals surface area contributed by atoms with Crippen LogP contribution >= 0.6 is 0 Å². The largest absolute Gasteiger partial charge is 0.458 e. The number of hydrogen-bond acceptors (Lipinski definition) is 12. The number of pyridine rings is 1. The Morgan fingerprint density at radius 2 is 1.83 bits per heavy atom. The van der Waals surface area contributed by atoms with Crippen LogP contribution in [0.1, 0.15) is 100 Å². The number of fused-ring (bicyclic) bond motifs is 1. The third kappa shape index (κ3) is 9.62. The van der Waals surface area contributed by atoms with Gasteiger partial charge in [0.2, 0.25) is 0 Å². The molecule has 1 N–H and O–H groups in total. The summed E-state index contributed by atoms with van der Waals surface area (Å²) in [6.45, 7) is 22.1. The van der Waals surface area contributed by atoms with Crippen molar-refractivity contribution in [2.75, 3.05) is 27.7 Å². The molecule has 59 heavy (non-hydrogen) atoms. The molecule has 3 aliphatic rings. The molecule has 0 saturated carbocycles. The number of methoxy groups -OCH3 is 1. The number of nitrogens with zero attached hydrogens (tertiary/aromatic N) is 5. The van der Waals surface area contributed by atoms with Crippen LogP contribution in [0.25, 0.3) is 11.3 Å². The molecule has 5 heterocycles. The van der Waals surface area contributed by atoms with Gasteiger partial charge in [0.1, 0.15) is 18.1 Å². The van der Waals surface area contributed by atoms with Gasteiger partial charge >= 0.3 is 12.1 Å². The fourth-order valence-electron chi connectivity index (χ4n) is 9.73. The highest BCUT2D eigenvalue weighted by Crippen LogP contribution is 2.45. The molecular weight excluding hydrogens is 755 g/mol. The standard InChI is InChI=1S/C45H69N5O9/c1-14-36-45(10)39(50(43(54)59-45)20-16-17-27(3)49-24-34(47-25-49)33-18-15-19-46-23-33)30(6)29(5)26(2)22-44(9,55-13)40(31(7)37(51)32(8)41(53)57-36)58-42-38(52)35(48(11)12)21-28(4)56-42/h15,18-19,23-28,30-32,35-36,38-40,42,52H,5,14,16-17,20-22H2,1-4,6-13H3/t26-,27+,28-,30+,31+,32-,35+,36-,38-,39+,40-,42+,44-,45-/m1/s1. The highest BCUT2D eigenvalue weighted by Gasteiger charge is 2.59. The number of carbonyl (C=O) groups is 3. The number of aliphatic hydroxyl groups is 1. The number of ketones is 1. The minimum Gasteiger partial charge on any atom is -0.458 e. The van der Waals surface area contributed by atoms with Crippen molar-refractivity contribution in [3.05, 3.63) is 49.2 Å². The van der Waals surface area contributed by atoms with E-state index in [2.05, 4.69) is 35.0 Å². The Kier molecular flexibility index (Phi) is 14.9. The first-order valence-electron chi connectivity index (χ1n) is 21.3. The molecule has 5 rings (SSSR count). The zero-order chi connectivity index (χ0) is 43.6. The number of imidazole rings is 1. The van der Waals surface area contributed by atoms with Crippen LogP contribution in [0.5, 0.6) is 0 Å². The molecule has 0 aromatic carbocycles. The number of aliphatic hydroxyl groups excluding tert-OH is 1. The fraction of sp³-hybridized carbons (Fsp3) is 0.711. The van der Waals surface area contributed by atoms with Crippen molar-refractivity contribution >= 4 is 17.8 Å². The third-order valence-electron chi connectivity index (χ3n) is 13.5. The predicted molar refractivity (Wildman–Crippen MR) is 223 cm³/mol. The number of hydrogen-bond donors (Lipinski definition) is 1. The van der Waals surface area contributed by atoms with Gasteiger partial charge in [-0.3, -0.25) is 14.6 Å². The molecule has 14 nitrogen and oxygen atoms in total. The quantitative estimate of drug-likeness (QED) is 0.150. The highest BCUT2D eigenvalue weighted by molar-refractivity contribution is 6.00.